The standard InChI is InChI=1S/C22H20N6O3S/c1-31-15-13-26-19(21-24-6-11-32-21)18-17(15)14(12-25-18)20(29)22(30)28-9-7-27(8-10-28)16-4-2-3-5-23-16/h2-6,11-13,25H,7-10H2,1H3. The van der Waals surface area contributed by atoms with Gasteiger partial charge in [-0.15, -0.1) is 11.3 Å². The first-order valence-corrected chi connectivity index (χ1v) is 11.0. The number of rotatable bonds is 5. The number of Topliss-reactive ketones (excluding diaryl/α,β-unsaturated/α-hetero) is 1. The van der Waals surface area contributed by atoms with Crippen molar-refractivity contribution in [3.8, 4) is 16.5 Å². The van der Waals surface area contributed by atoms with Crippen LogP contribution in [0.25, 0.3) is 21.6 Å². The number of hydrogen-bond donors (Lipinski definition) is 1. The molecule has 9 nitrogen and oxygen atoms in total. The molecule has 1 saturated heterocycles. The van der Waals surface area contributed by atoms with Crippen LogP contribution in [0.15, 0.2) is 48.4 Å². The molecule has 1 aliphatic heterocycles. The zero-order valence-electron chi connectivity index (χ0n) is 17.3. The molecule has 0 bridgehead atoms. The lowest BCUT2D eigenvalue weighted by Crippen LogP contribution is -2.50. The number of pyridine rings is 2. The van der Waals surface area contributed by atoms with E-state index in [1.807, 2.05) is 23.6 Å². The van der Waals surface area contributed by atoms with Crippen molar-refractivity contribution in [2.45, 2.75) is 0 Å². The first-order valence-electron chi connectivity index (χ1n) is 10.1. The fourth-order valence-corrected chi connectivity index (χ4v) is 4.53. The van der Waals surface area contributed by atoms with Crippen LogP contribution in [0.3, 0.4) is 0 Å². The molecule has 10 heteroatoms. The molecule has 4 aromatic heterocycles. The van der Waals surface area contributed by atoms with Gasteiger partial charge in [0.05, 0.1) is 29.8 Å². The van der Waals surface area contributed by atoms with Gasteiger partial charge in [-0.3, -0.25) is 9.59 Å². The van der Waals surface area contributed by atoms with Crippen molar-refractivity contribution in [3.05, 3.63) is 53.9 Å². The second kappa shape index (κ2) is 8.39. The van der Waals surface area contributed by atoms with Gasteiger partial charge in [0.1, 0.15) is 22.3 Å². The van der Waals surface area contributed by atoms with Gasteiger partial charge in [-0.1, -0.05) is 6.07 Å². The van der Waals surface area contributed by atoms with Crippen LogP contribution in [0.4, 0.5) is 5.82 Å². The highest BCUT2D eigenvalue weighted by molar-refractivity contribution is 7.13. The number of nitrogens with one attached hydrogen (secondary N) is 1. The van der Waals surface area contributed by atoms with E-state index in [0.29, 0.717) is 48.5 Å². The Morgan fingerprint density at radius 3 is 2.62 bits per heavy atom. The van der Waals surface area contributed by atoms with Crippen molar-refractivity contribution in [1.82, 2.24) is 24.8 Å². The maximum absolute atomic E-state index is 13.2. The Kier molecular flexibility index (Phi) is 5.28. The maximum atomic E-state index is 13.2. The largest absolute Gasteiger partial charge is 0.494 e. The monoisotopic (exact) mass is 448 g/mol. The van der Waals surface area contributed by atoms with Crippen molar-refractivity contribution in [1.29, 1.82) is 0 Å². The Balaban J connectivity index is 1.40. The van der Waals surface area contributed by atoms with E-state index in [0.717, 1.165) is 10.8 Å². The summed E-state index contributed by atoms with van der Waals surface area (Å²) in [6, 6.07) is 5.74. The SMILES string of the molecule is COc1cnc(-c2nccs2)c2[nH]cc(C(=O)C(=O)N3CCN(c4ccccn4)CC3)c12. The van der Waals surface area contributed by atoms with Gasteiger partial charge < -0.3 is 19.5 Å². The van der Waals surface area contributed by atoms with Crippen LogP contribution in [-0.2, 0) is 4.79 Å². The molecule has 0 aromatic carbocycles. The summed E-state index contributed by atoms with van der Waals surface area (Å²) in [5.74, 6) is 0.200. The van der Waals surface area contributed by atoms with Gasteiger partial charge in [0.15, 0.2) is 0 Å². The molecule has 162 valence electrons. The fourth-order valence-electron chi connectivity index (χ4n) is 3.89. The number of H-pyrrole nitrogens is 1. The molecule has 32 heavy (non-hydrogen) atoms. The van der Waals surface area contributed by atoms with E-state index < -0.39 is 11.7 Å². The van der Waals surface area contributed by atoms with E-state index in [-0.39, 0.29) is 5.56 Å². The smallest absolute Gasteiger partial charge is 0.295 e. The number of hydrogen-bond acceptors (Lipinski definition) is 8. The fraction of sp³-hybridized carbons (Fsp3) is 0.227. The number of aromatic amines is 1. The third kappa shape index (κ3) is 3.48. The lowest BCUT2D eigenvalue weighted by atomic mass is 10.1. The number of carbonyl (C=O) groups is 2. The third-order valence-corrected chi connectivity index (χ3v) is 6.29. The van der Waals surface area contributed by atoms with Crippen molar-refractivity contribution in [3.63, 3.8) is 0 Å². The Labute approximate surface area is 187 Å². The molecular formula is C22H20N6O3S. The second-order valence-corrected chi connectivity index (χ2v) is 8.16. The van der Waals surface area contributed by atoms with Gasteiger partial charge in [0.2, 0.25) is 0 Å². The highest BCUT2D eigenvalue weighted by Crippen LogP contribution is 2.35. The minimum Gasteiger partial charge on any atom is -0.494 e. The van der Waals surface area contributed by atoms with Crippen LogP contribution in [-0.4, -0.2) is 69.8 Å². The van der Waals surface area contributed by atoms with Gasteiger partial charge in [-0.05, 0) is 12.1 Å². The molecule has 0 spiro atoms. The summed E-state index contributed by atoms with van der Waals surface area (Å²) in [4.78, 5) is 46.2. The summed E-state index contributed by atoms with van der Waals surface area (Å²) in [5, 5.41) is 3.12. The number of anilines is 1. The van der Waals surface area contributed by atoms with Crippen molar-refractivity contribution >= 4 is 39.7 Å². The van der Waals surface area contributed by atoms with Crippen molar-refractivity contribution in [2.75, 3.05) is 38.2 Å². The minimum absolute atomic E-state index is 0.272. The first-order chi connectivity index (χ1) is 15.7. The lowest BCUT2D eigenvalue weighted by Gasteiger charge is -2.35. The number of ketones is 1. The summed E-state index contributed by atoms with van der Waals surface area (Å²) in [6.07, 6.45) is 6.55. The first kappa shape index (κ1) is 20.1. The Hall–Kier alpha value is -3.79. The quantitative estimate of drug-likeness (QED) is 0.370. The molecule has 0 atom stereocenters. The Bertz CT molecular complexity index is 1260. The van der Waals surface area contributed by atoms with Gasteiger partial charge >= 0.3 is 0 Å². The van der Waals surface area contributed by atoms with Gasteiger partial charge in [0, 0.05) is 50.1 Å². The minimum atomic E-state index is -0.572. The summed E-state index contributed by atoms with van der Waals surface area (Å²) in [5.41, 5.74) is 1.51. The molecule has 0 unspecified atom stereocenters. The van der Waals surface area contributed by atoms with E-state index in [2.05, 4.69) is 24.8 Å². The zero-order valence-corrected chi connectivity index (χ0v) is 18.1. The van der Waals surface area contributed by atoms with E-state index in [1.165, 1.54) is 18.4 Å². The average Bonchev–Trinajstić information content (AvgIpc) is 3.54. The summed E-state index contributed by atoms with van der Waals surface area (Å²) in [7, 11) is 1.51. The van der Waals surface area contributed by atoms with E-state index >= 15 is 0 Å². The van der Waals surface area contributed by atoms with Crippen molar-refractivity contribution < 1.29 is 14.3 Å². The van der Waals surface area contributed by atoms with E-state index in [9.17, 15) is 9.59 Å². The molecule has 5 heterocycles. The highest BCUT2D eigenvalue weighted by atomic mass is 32.1. The van der Waals surface area contributed by atoms with Crippen LogP contribution < -0.4 is 9.64 Å². The highest BCUT2D eigenvalue weighted by Gasteiger charge is 2.30. The molecule has 1 N–H and O–H groups in total. The predicted molar refractivity (Wildman–Crippen MR) is 121 cm³/mol. The molecule has 1 aliphatic rings. The number of piperazine rings is 1. The van der Waals surface area contributed by atoms with Crippen LogP contribution >= 0.6 is 11.3 Å². The Morgan fingerprint density at radius 1 is 1.09 bits per heavy atom. The summed E-state index contributed by atoms with van der Waals surface area (Å²) in [6.45, 7) is 2.13. The normalized spacial score (nSPS) is 14.0. The van der Waals surface area contributed by atoms with Gasteiger partial charge in [-0.2, -0.15) is 0 Å². The molecular weight excluding hydrogens is 428 g/mol. The Morgan fingerprint density at radius 2 is 1.94 bits per heavy atom. The van der Waals surface area contributed by atoms with Crippen molar-refractivity contribution in [2.24, 2.45) is 0 Å². The van der Waals surface area contributed by atoms with Crippen LogP contribution in [0.2, 0.25) is 0 Å². The summed E-state index contributed by atoms with van der Waals surface area (Å²) < 4.78 is 5.45. The van der Waals surface area contributed by atoms with Gasteiger partial charge in [0.25, 0.3) is 11.7 Å². The van der Waals surface area contributed by atoms with E-state index in [4.69, 9.17) is 4.74 Å². The van der Waals surface area contributed by atoms with E-state index in [1.54, 1.807) is 29.7 Å². The number of ether oxygens (including phenoxy) is 1. The van der Waals surface area contributed by atoms with Gasteiger partial charge in [-0.25, -0.2) is 15.0 Å². The number of amides is 1. The molecule has 4 aromatic rings. The summed E-state index contributed by atoms with van der Waals surface area (Å²) >= 11 is 1.45. The number of aromatic nitrogens is 4. The van der Waals surface area contributed by atoms with Crippen LogP contribution in [0.5, 0.6) is 5.75 Å². The van der Waals surface area contributed by atoms with Crippen LogP contribution in [0.1, 0.15) is 10.4 Å². The van der Waals surface area contributed by atoms with Crippen LogP contribution in [0, 0.1) is 0 Å². The zero-order chi connectivity index (χ0) is 22.1. The third-order valence-electron chi connectivity index (χ3n) is 5.51. The number of carbonyl (C=O) groups excluding carboxylic acids is 2. The topological polar surface area (TPSA) is 104 Å². The molecule has 0 aliphatic carbocycles. The number of nitrogens with zero attached hydrogens (tertiary/aromatic N) is 5. The average molecular weight is 449 g/mol. The number of thiazole rings is 1. The molecule has 5 rings (SSSR count). The molecule has 1 amide bonds. The number of methoxy groups -OCH3 is 1. The number of fused-ring (bicyclic) bond motifs is 1. The predicted octanol–water partition coefficient (Wildman–Crippen LogP) is 2.62. The second-order valence-electron chi connectivity index (χ2n) is 7.26. The maximum Gasteiger partial charge on any atom is 0.295 e. The molecule has 0 saturated carbocycles. The molecule has 0 radical (unpaired) electrons. The molecule has 1 fully saturated rings. The lowest BCUT2D eigenvalue weighted by molar-refractivity contribution is -0.126.